The first-order chi connectivity index (χ1) is 14.9. The lowest BCUT2D eigenvalue weighted by Crippen LogP contribution is -2.30. The number of pyridine rings is 1. The first-order valence-electron chi connectivity index (χ1n) is 10.3. The number of benzene rings is 2. The number of nitrogens with zero attached hydrogens (tertiary/aromatic N) is 2. The van der Waals surface area contributed by atoms with Crippen LogP contribution >= 0.6 is 0 Å². The van der Waals surface area contributed by atoms with Crippen molar-refractivity contribution in [3.8, 4) is 0 Å². The number of aliphatic hydroxyl groups is 1. The third kappa shape index (κ3) is 3.52. The summed E-state index contributed by atoms with van der Waals surface area (Å²) < 4.78 is 0. The van der Waals surface area contributed by atoms with Crippen LogP contribution in [0.25, 0.3) is 5.76 Å². The zero-order valence-electron chi connectivity index (χ0n) is 17.8. The van der Waals surface area contributed by atoms with Crippen LogP contribution in [-0.4, -0.2) is 21.8 Å². The molecule has 1 amide bonds. The summed E-state index contributed by atoms with van der Waals surface area (Å²) in [4.78, 5) is 32.1. The summed E-state index contributed by atoms with van der Waals surface area (Å²) >= 11 is 0. The van der Waals surface area contributed by atoms with Crippen LogP contribution in [0.1, 0.15) is 40.8 Å². The second-order valence-electron chi connectivity index (χ2n) is 7.72. The van der Waals surface area contributed by atoms with Crippen molar-refractivity contribution in [3.63, 3.8) is 0 Å². The average molecular weight is 412 g/mol. The lowest BCUT2D eigenvalue weighted by atomic mass is 9.95. The Bertz CT molecular complexity index is 1180. The van der Waals surface area contributed by atoms with Gasteiger partial charge in [-0.25, -0.2) is 0 Å². The van der Waals surface area contributed by atoms with Crippen molar-refractivity contribution >= 4 is 23.1 Å². The first-order valence-corrected chi connectivity index (χ1v) is 10.3. The van der Waals surface area contributed by atoms with Crippen LogP contribution in [0.2, 0.25) is 0 Å². The van der Waals surface area contributed by atoms with Crippen molar-refractivity contribution in [2.45, 2.75) is 33.2 Å². The number of carbonyl (C=O) groups is 2. The SMILES string of the molecule is CCc1ccc(/C(O)=C2\C(=O)C(=O)N(c3cccc(C)c3C)C2c2cccnc2)cc1. The van der Waals surface area contributed by atoms with Crippen LogP contribution in [0.3, 0.4) is 0 Å². The first kappa shape index (κ1) is 20.5. The van der Waals surface area contributed by atoms with Crippen LogP contribution in [0.4, 0.5) is 5.69 Å². The topological polar surface area (TPSA) is 70.5 Å². The van der Waals surface area contributed by atoms with E-state index >= 15 is 0 Å². The molecule has 1 aliphatic rings. The minimum absolute atomic E-state index is 0.0724. The minimum Gasteiger partial charge on any atom is -0.507 e. The Kier molecular flexibility index (Phi) is 5.42. The van der Waals surface area contributed by atoms with E-state index < -0.39 is 17.7 Å². The zero-order valence-corrected chi connectivity index (χ0v) is 17.8. The van der Waals surface area contributed by atoms with Gasteiger partial charge in [0.25, 0.3) is 11.7 Å². The van der Waals surface area contributed by atoms with Gasteiger partial charge in [0.05, 0.1) is 11.6 Å². The molecule has 0 radical (unpaired) electrons. The maximum atomic E-state index is 13.2. The van der Waals surface area contributed by atoms with Gasteiger partial charge in [0.1, 0.15) is 5.76 Å². The molecule has 1 unspecified atom stereocenters. The van der Waals surface area contributed by atoms with Crippen LogP contribution in [0, 0.1) is 13.8 Å². The molecular weight excluding hydrogens is 388 g/mol. The highest BCUT2D eigenvalue weighted by Gasteiger charge is 2.47. The van der Waals surface area contributed by atoms with Gasteiger partial charge in [-0.3, -0.25) is 19.5 Å². The largest absolute Gasteiger partial charge is 0.507 e. The normalized spacial score (nSPS) is 17.9. The van der Waals surface area contributed by atoms with Crippen molar-refractivity contribution in [2.24, 2.45) is 0 Å². The average Bonchev–Trinajstić information content (AvgIpc) is 3.06. The van der Waals surface area contributed by atoms with Gasteiger partial charge >= 0.3 is 0 Å². The van der Waals surface area contributed by atoms with Gasteiger partial charge < -0.3 is 5.11 Å². The third-order valence-electron chi connectivity index (χ3n) is 5.92. The van der Waals surface area contributed by atoms with Crippen molar-refractivity contribution in [2.75, 3.05) is 4.90 Å². The molecule has 1 aromatic heterocycles. The molecule has 3 aromatic rings. The van der Waals surface area contributed by atoms with E-state index in [4.69, 9.17) is 0 Å². The molecule has 1 saturated heterocycles. The summed E-state index contributed by atoms with van der Waals surface area (Å²) in [6.07, 6.45) is 4.13. The molecule has 0 aliphatic carbocycles. The Morgan fingerprint density at radius 2 is 1.77 bits per heavy atom. The molecule has 0 spiro atoms. The van der Waals surface area contributed by atoms with E-state index in [1.54, 1.807) is 30.6 Å². The van der Waals surface area contributed by atoms with Crippen molar-refractivity contribution in [3.05, 3.63) is 100 Å². The summed E-state index contributed by atoms with van der Waals surface area (Å²) in [5.41, 5.74) is 4.93. The lowest BCUT2D eigenvalue weighted by molar-refractivity contribution is -0.132. The Hall–Kier alpha value is -3.73. The fourth-order valence-corrected chi connectivity index (χ4v) is 3.98. The highest BCUT2D eigenvalue weighted by Crippen LogP contribution is 2.43. The van der Waals surface area contributed by atoms with Gasteiger partial charge in [-0.1, -0.05) is 49.4 Å². The summed E-state index contributed by atoms with van der Waals surface area (Å²) in [6.45, 7) is 5.94. The highest BCUT2D eigenvalue weighted by atomic mass is 16.3. The monoisotopic (exact) mass is 412 g/mol. The molecule has 2 aromatic carbocycles. The lowest BCUT2D eigenvalue weighted by Gasteiger charge is -2.27. The molecule has 1 atom stereocenters. The van der Waals surface area contributed by atoms with Crippen molar-refractivity contribution < 1.29 is 14.7 Å². The number of amides is 1. The molecular formula is C26H24N2O3. The number of hydrogen-bond donors (Lipinski definition) is 1. The molecule has 1 aliphatic heterocycles. The number of ketones is 1. The van der Waals surface area contributed by atoms with Gasteiger partial charge in [-0.2, -0.15) is 0 Å². The van der Waals surface area contributed by atoms with Gasteiger partial charge in [0.15, 0.2) is 0 Å². The molecule has 0 saturated carbocycles. The summed E-state index contributed by atoms with van der Waals surface area (Å²) in [5.74, 6) is -1.54. The van der Waals surface area contributed by atoms with E-state index in [0.29, 0.717) is 16.8 Å². The second-order valence-corrected chi connectivity index (χ2v) is 7.72. The zero-order chi connectivity index (χ0) is 22.1. The highest BCUT2D eigenvalue weighted by molar-refractivity contribution is 6.51. The predicted molar refractivity (Wildman–Crippen MR) is 121 cm³/mol. The van der Waals surface area contributed by atoms with E-state index in [-0.39, 0.29) is 11.3 Å². The minimum atomic E-state index is -0.764. The number of aliphatic hydroxyl groups excluding tert-OH is 1. The molecule has 156 valence electrons. The van der Waals surface area contributed by atoms with Gasteiger partial charge in [-0.05, 0) is 54.7 Å². The Labute approximate surface area is 181 Å². The standard InChI is InChI=1S/C26H24N2O3/c1-4-18-10-12-19(13-11-18)24(29)22-23(20-8-6-14-27-15-20)28(26(31)25(22)30)21-9-5-7-16(2)17(21)3/h5-15,23,29H,4H2,1-3H3/b24-22+. The maximum absolute atomic E-state index is 13.2. The second kappa shape index (κ2) is 8.19. The van der Waals surface area contributed by atoms with E-state index in [0.717, 1.165) is 23.1 Å². The number of hydrogen-bond acceptors (Lipinski definition) is 4. The van der Waals surface area contributed by atoms with E-state index in [1.807, 2.05) is 57.2 Å². The molecule has 4 rings (SSSR count). The molecule has 0 bridgehead atoms. The van der Waals surface area contributed by atoms with Crippen LogP contribution < -0.4 is 4.90 Å². The van der Waals surface area contributed by atoms with Gasteiger partial charge in [0.2, 0.25) is 0 Å². The van der Waals surface area contributed by atoms with Gasteiger partial charge in [0, 0.05) is 23.6 Å². The molecule has 31 heavy (non-hydrogen) atoms. The fraction of sp³-hybridized carbons (Fsp3) is 0.192. The van der Waals surface area contributed by atoms with Crippen LogP contribution in [0.15, 0.2) is 72.6 Å². The number of carbonyl (C=O) groups excluding carboxylic acids is 2. The smallest absolute Gasteiger partial charge is 0.300 e. The summed E-state index contributed by atoms with van der Waals surface area (Å²) in [7, 11) is 0. The van der Waals surface area contributed by atoms with Crippen molar-refractivity contribution in [1.29, 1.82) is 0 Å². The number of Topliss-reactive ketones (excluding diaryl/α,β-unsaturated/α-hetero) is 1. The molecule has 1 N–H and O–H groups in total. The van der Waals surface area contributed by atoms with E-state index in [1.165, 1.54) is 4.90 Å². The van der Waals surface area contributed by atoms with Crippen molar-refractivity contribution in [1.82, 2.24) is 4.98 Å². The van der Waals surface area contributed by atoms with E-state index in [9.17, 15) is 14.7 Å². The predicted octanol–water partition coefficient (Wildman–Crippen LogP) is 4.89. The number of rotatable bonds is 4. The maximum Gasteiger partial charge on any atom is 0.300 e. The summed E-state index contributed by atoms with van der Waals surface area (Å²) in [5, 5.41) is 11.2. The number of aromatic nitrogens is 1. The van der Waals surface area contributed by atoms with Crippen LogP contribution in [0.5, 0.6) is 0 Å². The molecule has 5 nitrogen and oxygen atoms in total. The number of aryl methyl sites for hydroxylation is 2. The third-order valence-corrected chi connectivity index (χ3v) is 5.92. The molecule has 5 heteroatoms. The van der Waals surface area contributed by atoms with E-state index in [2.05, 4.69) is 4.98 Å². The number of anilines is 1. The van der Waals surface area contributed by atoms with Gasteiger partial charge in [-0.15, -0.1) is 0 Å². The molecule has 1 fully saturated rings. The fourth-order valence-electron chi connectivity index (χ4n) is 3.98. The quantitative estimate of drug-likeness (QED) is 0.376. The Morgan fingerprint density at radius 3 is 2.42 bits per heavy atom. The Morgan fingerprint density at radius 1 is 1.03 bits per heavy atom. The molecule has 2 heterocycles. The van der Waals surface area contributed by atoms with Crippen LogP contribution in [-0.2, 0) is 16.0 Å². The Balaban J connectivity index is 1.95. The summed E-state index contributed by atoms with van der Waals surface area (Å²) in [6, 6.07) is 15.8.